The molecule has 0 saturated carbocycles. The van der Waals surface area contributed by atoms with E-state index in [0.29, 0.717) is 8.95 Å². The molecule has 1 aromatic rings. The van der Waals surface area contributed by atoms with Gasteiger partial charge in [0.25, 0.3) is 0 Å². The monoisotopic (exact) mass is 356 g/mol. The van der Waals surface area contributed by atoms with Crippen LogP contribution < -0.4 is 4.74 Å². The van der Waals surface area contributed by atoms with E-state index in [1.54, 1.807) is 13.0 Å². The first-order valence-electron chi connectivity index (χ1n) is 4.42. The Bertz CT molecular complexity index is 408. The van der Waals surface area contributed by atoms with Crippen LogP contribution in [0.1, 0.15) is 23.7 Å². The average Bonchev–Trinajstić information content (AvgIpc) is 2.14. The van der Waals surface area contributed by atoms with Crippen molar-refractivity contribution < 1.29 is 18.3 Å². The number of ketones is 1. The molecule has 0 unspecified atom stereocenters. The van der Waals surface area contributed by atoms with E-state index in [0.717, 1.165) is 0 Å². The Hall–Kier alpha value is -0.490. The molecule has 0 aliphatic rings. The van der Waals surface area contributed by atoms with Gasteiger partial charge in [-0.3, -0.25) is 4.79 Å². The van der Waals surface area contributed by atoms with E-state index in [9.17, 15) is 13.6 Å². The van der Waals surface area contributed by atoms with Gasteiger partial charge in [0.1, 0.15) is 5.75 Å². The van der Waals surface area contributed by atoms with Gasteiger partial charge in [0.2, 0.25) is 0 Å². The zero-order valence-electron chi connectivity index (χ0n) is 8.27. The smallest absolute Gasteiger partial charge is 0.387 e. The molecule has 16 heavy (non-hydrogen) atoms. The van der Waals surface area contributed by atoms with E-state index in [2.05, 4.69) is 36.6 Å². The van der Waals surface area contributed by atoms with Crippen LogP contribution in [0, 0.1) is 0 Å². The normalized spacial score (nSPS) is 10.6. The lowest BCUT2D eigenvalue weighted by Crippen LogP contribution is -2.08. The van der Waals surface area contributed by atoms with Crippen LogP contribution in [0.5, 0.6) is 5.75 Å². The van der Waals surface area contributed by atoms with Crippen LogP contribution in [0.25, 0.3) is 0 Å². The second kappa shape index (κ2) is 5.72. The summed E-state index contributed by atoms with van der Waals surface area (Å²) in [5, 5.41) is 0. The lowest BCUT2D eigenvalue weighted by Gasteiger charge is -2.11. The van der Waals surface area contributed by atoms with Crippen LogP contribution in [-0.4, -0.2) is 12.4 Å². The molecule has 0 aliphatic heterocycles. The Morgan fingerprint density at radius 3 is 2.56 bits per heavy atom. The van der Waals surface area contributed by atoms with Crippen molar-refractivity contribution >= 4 is 37.6 Å². The van der Waals surface area contributed by atoms with Crippen molar-refractivity contribution in [2.75, 3.05) is 0 Å². The molecule has 0 aromatic heterocycles. The summed E-state index contributed by atoms with van der Waals surface area (Å²) in [6.45, 7) is -1.30. The molecule has 0 saturated heterocycles. The van der Waals surface area contributed by atoms with Gasteiger partial charge in [-0.05, 0) is 28.1 Å². The molecule has 88 valence electrons. The molecule has 1 aromatic carbocycles. The highest BCUT2D eigenvalue weighted by Crippen LogP contribution is 2.33. The van der Waals surface area contributed by atoms with Crippen molar-refractivity contribution in [3.8, 4) is 5.75 Å². The van der Waals surface area contributed by atoms with Gasteiger partial charge in [-0.2, -0.15) is 8.78 Å². The molecule has 0 spiro atoms. The largest absolute Gasteiger partial charge is 0.434 e. The van der Waals surface area contributed by atoms with Crippen LogP contribution in [0.15, 0.2) is 21.1 Å². The number of hydrogen-bond acceptors (Lipinski definition) is 2. The van der Waals surface area contributed by atoms with E-state index in [4.69, 9.17) is 0 Å². The second-order valence-corrected chi connectivity index (χ2v) is 4.69. The van der Waals surface area contributed by atoms with E-state index in [1.807, 2.05) is 0 Å². The number of carbonyl (C=O) groups excluding carboxylic acids is 1. The molecular formula is C10H8Br2F2O2. The number of rotatable bonds is 4. The number of ether oxygens (including phenoxy) is 1. The third kappa shape index (κ3) is 3.25. The summed E-state index contributed by atoms with van der Waals surface area (Å²) in [6, 6.07) is 2.96. The van der Waals surface area contributed by atoms with Gasteiger partial charge in [-0.25, -0.2) is 0 Å². The van der Waals surface area contributed by atoms with Gasteiger partial charge in [0, 0.05) is 15.4 Å². The fourth-order valence-electron chi connectivity index (χ4n) is 1.19. The number of hydrogen-bond donors (Lipinski definition) is 0. The molecule has 6 heteroatoms. The Labute approximate surface area is 108 Å². The first-order chi connectivity index (χ1) is 7.45. The van der Waals surface area contributed by atoms with Gasteiger partial charge < -0.3 is 4.74 Å². The summed E-state index contributed by atoms with van der Waals surface area (Å²) in [5.74, 6) is -0.377. The van der Waals surface area contributed by atoms with Gasteiger partial charge in [-0.1, -0.05) is 22.9 Å². The van der Waals surface area contributed by atoms with Gasteiger partial charge in [0.15, 0.2) is 5.78 Å². The third-order valence-electron chi connectivity index (χ3n) is 1.83. The highest BCUT2D eigenvalue weighted by molar-refractivity contribution is 9.11. The zero-order chi connectivity index (χ0) is 12.3. The van der Waals surface area contributed by atoms with Gasteiger partial charge >= 0.3 is 6.61 Å². The second-order valence-electron chi connectivity index (χ2n) is 2.92. The maximum absolute atomic E-state index is 12.2. The molecule has 0 atom stereocenters. The number of halogens is 4. The fourth-order valence-corrected chi connectivity index (χ4v) is 2.59. The van der Waals surface area contributed by atoms with Crippen molar-refractivity contribution in [3.63, 3.8) is 0 Å². The molecular weight excluding hydrogens is 350 g/mol. The van der Waals surface area contributed by atoms with Crippen molar-refractivity contribution in [2.45, 2.75) is 20.0 Å². The molecule has 0 bridgehead atoms. The first kappa shape index (κ1) is 13.6. The minimum absolute atomic E-state index is 0.122. The summed E-state index contributed by atoms with van der Waals surface area (Å²) >= 11 is 6.30. The first-order valence-corrected chi connectivity index (χ1v) is 6.01. The minimum atomic E-state index is -2.95. The number of Topliss-reactive ketones (excluding diaryl/α,β-unsaturated/α-hetero) is 1. The Balaban J connectivity index is 3.26. The molecule has 0 N–H and O–H groups in total. The molecule has 0 amide bonds. The van der Waals surface area contributed by atoms with Crippen molar-refractivity contribution in [2.24, 2.45) is 0 Å². The van der Waals surface area contributed by atoms with Crippen LogP contribution >= 0.6 is 31.9 Å². The van der Waals surface area contributed by atoms with Crippen LogP contribution in [0.4, 0.5) is 8.78 Å². The van der Waals surface area contributed by atoms with Gasteiger partial charge in [0.05, 0.1) is 5.56 Å². The number of alkyl halides is 2. The van der Waals surface area contributed by atoms with Crippen LogP contribution in [0.2, 0.25) is 0 Å². The molecule has 0 heterocycles. The summed E-state index contributed by atoms with van der Waals surface area (Å²) < 4.78 is 29.6. The van der Waals surface area contributed by atoms with Crippen molar-refractivity contribution in [1.29, 1.82) is 0 Å². The van der Waals surface area contributed by atoms with E-state index < -0.39 is 6.61 Å². The highest BCUT2D eigenvalue weighted by Gasteiger charge is 2.18. The molecule has 0 aliphatic carbocycles. The predicted octanol–water partition coefficient (Wildman–Crippen LogP) is 4.41. The zero-order valence-corrected chi connectivity index (χ0v) is 11.4. The quantitative estimate of drug-likeness (QED) is 0.746. The van der Waals surface area contributed by atoms with Crippen LogP contribution in [0.3, 0.4) is 0 Å². The van der Waals surface area contributed by atoms with Crippen molar-refractivity contribution in [3.05, 3.63) is 26.6 Å². The van der Waals surface area contributed by atoms with Gasteiger partial charge in [-0.15, -0.1) is 0 Å². The lowest BCUT2D eigenvalue weighted by molar-refractivity contribution is -0.0502. The standard InChI is InChI=1S/C10H8Br2F2O2/c1-2-7(15)9-6(12)3-5(11)4-8(9)16-10(13)14/h3-4,10H,2H2,1H3. The van der Waals surface area contributed by atoms with E-state index >= 15 is 0 Å². The number of carbonyl (C=O) groups is 1. The lowest BCUT2D eigenvalue weighted by atomic mass is 10.1. The Kier molecular flexibility index (Phi) is 4.86. The fraction of sp³-hybridized carbons (Fsp3) is 0.300. The topological polar surface area (TPSA) is 26.3 Å². The maximum atomic E-state index is 12.2. The summed E-state index contributed by atoms with van der Waals surface area (Å²) in [5.41, 5.74) is 0.144. The molecule has 0 fully saturated rings. The summed E-state index contributed by atoms with van der Waals surface area (Å²) in [4.78, 5) is 11.6. The Morgan fingerprint density at radius 1 is 1.44 bits per heavy atom. The summed E-state index contributed by atoms with van der Waals surface area (Å²) in [6.07, 6.45) is 0.222. The average molecular weight is 358 g/mol. The van der Waals surface area contributed by atoms with Crippen molar-refractivity contribution in [1.82, 2.24) is 0 Å². The summed E-state index contributed by atoms with van der Waals surface area (Å²) in [7, 11) is 0. The SMILES string of the molecule is CCC(=O)c1c(Br)cc(Br)cc1OC(F)F. The molecule has 2 nitrogen and oxygen atoms in total. The molecule has 1 rings (SSSR count). The maximum Gasteiger partial charge on any atom is 0.387 e. The minimum Gasteiger partial charge on any atom is -0.434 e. The van der Waals surface area contributed by atoms with Crippen LogP contribution in [-0.2, 0) is 0 Å². The van der Waals surface area contributed by atoms with E-state index in [-0.39, 0.29) is 23.5 Å². The predicted molar refractivity (Wildman–Crippen MR) is 63.1 cm³/mol. The Morgan fingerprint density at radius 2 is 2.06 bits per heavy atom. The number of benzene rings is 1. The molecule has 0 radical (unpaired) electrons. The van der Waals surface area contributed by atoms with E-state index in [1.165, 1.54) is 6.07 Å². The third-order valence-corrected chi connectivity index (χ3v) is 2.92. The highest BCUT2D eigenvalue weighted by atomic mass is 79.9.